The maximum absolute atomic E-state index is 5.74. The van der Waals surface area contributed by atoms with Crippen LogP contribution in [0.25, 0.3) is 0 Å². The molecule has 12 heavy (non-hydrogen) atoms. The first-order valence-electron chi connectivity index (χ1n) is 4.65. The number of hydrogen-bond acceptors (Lipinski definition) is 2. The highest BCUT2D eigenvalue weighted by molar-refractivity contribution is 4.86. The van der Waals surface area contributed by atoms with Gasteiger partial charge in [-0.2, -0.15) is 0 Å². The summed E-state index contributed by atoms with van der Waals surface area (Å²) in [5.41, 5.74) is 0.0567. The summed E-state index contributed by atoms with van der Waals surface area (Å²) in [5, 5.41) is 0. The highest BCUT2D eigenvalue weighted by Gasteiger charge is 2.37. The van der Waals surface area contributed by atoms with Crippen molar-refractivity contribution in [2.75, 3.05) is 19.8 Å². The van der Waals surface area contributed by atoms with E-state index in [2.05, 4.69) is 13.5 Å². The Morgan fingerprint density at radius 3 is 2.75 bits per heavy atom. The van der Waals surface area contributed by atoms with Gasteiger partial charge >= 0.3 is 0 Å². The van der Waals surface area contributed by atoms with Crippen molar-refractivity contribution >= 4 is 0 Å². The summed E-state index contributed by atoms with van der Waals surface area (Å²) in [5.74, 6) is 0. The summed E-state index contributed by atoms with van der Waals surface area (Å²) in [6, 6.07) is 0. The normalized spacial score (nSPS) is 20.1. The predicted molar refractivity (Wildman–Crippen MR) is 49.2 cm³/mol. The lowest BCUT2D eigenvalue weighted by molar-refractivity contribution is -0.210. The highest BCUT2D eigenvalue weighted by Crippen LogP contribution is 2.25. The average Bonchev–Trinajstić information content (AvgIpc) is 2.02. The van der Waals surface area contributed by atoms with E-state index in [1.807, 2.05) is 6.08 Å². The van der Waals surface area contributed by atoms with Crippen LogP contribution in [-0.4, -0.2) is 25.4 Å². The van der Waals surface area contributed by atoms with Gasteiger partial charge in [-0.25, -0.2) is 0 Å². The van der Waals surface area contributed by atoms with Crippen LogP contribution >= 0.6 is 0 Å². The van der Waals surface area contributed by atoms with Crippen molar-refractivity contribution in [3.8, 4) is 0 Å². The number of rotatable bonds is 6. The van der Waals surface area contributed by atoms with Gasteiger partial charge in [0.2, 0.25) is 0 Å². The maximum atomic E-state index is 5.74. The molecule has 0 radical (unpaired) electrons. The molecule has 0 aromatic carbocycles. The van der Waals surface area contributed by atoms with Gasteiger partial charge in [-0.05, 0) is 19.3 Å². The Morgan fingerprint density at radius 2 is 2.33 bits per heavy atom. The van der Waals surface area contributed by atoms with E-state index in [9.17, 15) is 0 Å². The third-order valence-corrected chi connectivity index (χ3v) is 2.34. The minimum Gasteiger partial charge on any atom is -0.375 e. The summed E-state index contributed by atoms with van der Waals surface area (Å²) >= 11 is 0. The molecular formula is C10H18O2. The Bertz CT molecular complexity index is 133. The number of hydrogen-bond donors (Lipinski definition) is 0. The molecule has 0 bridgehead atoms. The maximum Gasteiger partial charge on any atom is 0.114 e. The lowest BCUT2D eigenvalue weighted by atomic mass is 9.99. The van der Waals surface area contributed by atoms with Gasteiger partial charge in [0.15, 0.2) is 0 Å². The zero-order valence-corrected chi connectivity index (χ0v) is 7.84. The molecule has 1 fully saturated rings. The van der Waals surface area contributed by atoms with E-state index in [0.29, 0.717) is 0 Å². The fraction of sp³-hybridized carbons (Fsp3) is 0.800. The number of unbranched alkanes of at least 4 members (excludes halogenated alkanes) is 1. The van der Waals surface area contributed by atoms with Crippen LogP contribution in [0, 0.1) is 0 Å². The second-order valence-electron chi connectivity index (χ2n) is 3.31. The smallest absolute Gasteiger partial charge is 0.114 e. The molecule has 0 aromatic rings. The number of ether oxygens (including phenoxy) is 2. The van der Waals surface area contributed by atoms with Crippen LogP contribution in [0.5, 0.6) is 0 Å². The van der Waals surface area contributed by atoms with E-state index < -0.39 is 0 Å². The molecule has 1 rings (SSSR count). The van der Waals surface area contributed by atoms with E-state index in [1.54, 1.807) is 0 Å². The van der Waals surface area contributed by atoms with Gasteiger partial charge in [-0.3, -0.25) is 0 Å². The van der Waals surface area contributed by atoms with Crippen LogP contribution < -0.4 is 0 Å². The Balaban J connectivity index is 2.07. The van der Waals surface area contributed by atoms with Gasteiger partial charge in [0.25, 0.3) is 0 Å². The summed E-state index contributed by atoms with van der Waals surface area (Å²) in [7, 11) is 0. The Kier molecular flexibility index (Phi) is 3.76. The first kappa shape index (κ1) is 9.75. The fourth-order valence-electron chi connectivity index (χ4n) is 1.24. The first-order valence-corrected chi connectivity index (χ1v) is 4.65. The second-order valence-corrected chi connectivity index (χ2v) is 3.31. The van der Waals surface area contributed by atoms with Crippen LogP contribution in [0.15, 0.2) is 12.7 Å². The van der Waals surface area contributed by atoms with Gasteiger partial charge in [0.05, 0.1) is 13.2 Å². The molecule has 2 heteroatoms. The third-order valence-electron chi connectivity index (χ3n) is 2.34. The van der Waals surface area contributed by atoms with Crippen LogP contribution in [-0.2, 0) is 9.47 Å². The number of allylic oxidation sites excluding steroid dienone is 1. The predicted octanol–water partition coefficient (Wildman–Crippen LogP) is 2.15. The molecule has 1 aliphatic heterocycles. The fourth-order valence-corrected chi connectivity index (χ4v) is 1.24. The Hall–Kier alpha value is -0.340. The highest BCUT2D eigenvalue weighted by atomic mass is 16.6. The van der Waals surface area contributed by atoms with Gasteiger partial charge in [0, 0.05) is 6.61 Å². The largest absolute Gasteiger partial charge is 0.375 e. The van der Waals surface area contributed by atoms with E-state index in [0.717, 1.165) is 39.1 Å². The molecule has 0 N–H and O–H groups in total. The molecule has 0 atom stereocenters. The minimum atomic E-state index is 0.0567. The molecule has 0 amide bonds. The molecule has 0 aliphatic carbocycles. The summed E-state index contributed by atoms with van der Waals surface area (Å²) < 4.78 is 10.9. The van der Waals surface area contributed by atoms with Gasteiger partial charge in [-0.15, -0.1) is 6.58 Å². The van der Waals surface area contributed by atoms with Gasteiger partial charge in [-0.1, -0.05) is 13.0 Å². The van der Waals surface area contributed by atoms with Crippen LogP contribution in [0.1, 0.15) is 26.2 Å². The third kappa shape index (κ3) is 2.32. The van der Waals surface area contributed by atoms with Crippen molar-refractivity contribution in [1.82, 2.24) is 0 Å². The van der Waals surface area contributed by atoms with Crippen molar-refractivity contribution < 1.29 is 9.47 Å². The standard InChI is InChI=1S/C10H18O2/c1-3-5-6-7-12-10(4-2)8-11-9-10/h3H,1,4-9H2,2H3. The molecule has 2 nitrogen and oxygen atoms in total. The lowest BCUT2D eigenvalue weighted by Gasteiger charge is -2.40. The van der Waals surface area contributed by atoms with Crippen LogP contribution in [0.4, 0.5) is 0 Å². The van der Waals surface area contributed by atoms with Crippen LogP contribution in [0.2, 0.25) is 0 Å². The van der Waals surface area contributed by atoms with Crippen molar-refractivity contribution in [3.05, 3.63) is 12.7 Å². The zero-order valence-electron chi connectivity index (χ0n) is 7.84. The average molecular weight is 170 g/mol. The summed E-state index contributed by atoms with van der Waals surface area (Å²) in [4.78, 5) is 0. The molecule has 1 saturated heterocycles. The van der Waals surface area contributed by atoms with Crippen LogP contribution in [0.3, 0.4) is 0 Å². The Labute approximate surface area is 74.6 Å². The van der Waals surface area contributed by atoms with E-state index in [4.69, 9.17) is 9.47 Å². The lowest BCUT2D eigenvalue weighted by Crippen LogP contribution is -2.51. The van der Waals surface area contributed by atoms with Crippen molar-refractivity contribution in [2.24, 2.45) is 0 Å². The summed E-state index contributed by atoms with van der Waals surface area (Å²) in [6.07, 6.45) is 5.10. The summed E-state index contributed by atoms with van der Waals surface area (Å²) in [6.45, 7) is 8.20. The Morgan fingerprint density at radius 1 is 1.58 bits per heavy atom. The molecular weight excluding hydrogens is 152 g/mol. The minimum absolute atomic E-state index is 0.0567. The van der Waals surface area contributed by atoms with Gasteiger partial charge < -0.3 is 9.47 Å². The van der Waals surface area contributed by atoms with E-state index >= 15 is 0 Å². The van der Waals surface area contributed by atoms with Crippen molar-refractivity contribution in [3.63, 3.8) is 0 Å². The van der Waals surface area contributed by atoms with E-state index in [-0.39, 0.29) is 5.60 Å². The van der Waals surface area contributed by atoms with Gasteiger partial charge in [0.1, 0.15) is 5.60 Å². The molecule has 70 valence electrons. The molecule has 0 spiro atoms. The SMILES string of the molecule is C=CCCCOC1(CC)COC1. The molecule has 1 heterocycles. The topological polar surface area (TPSA) is 18.5 Å². The van der Waals surface area contributed by atoms with E-state index in [1.165, 1.54) is 0 Å². The first-order chi connectivity index (χ1) is 5.83. The molecule has 1 aliphatic rings. The quantitative estimate of drug-likeness (QED) is 0.449. The monoisotopic (exact) mass is 170 g/mol. The zero-order chi connectivity index (χ0) is 8.86. The molecule has 0 saturated carbocycles. The van der Waals surface area contributed by atoms with Crippen molar-refractivity contribution in [2.45, 2.75) is 31.8 Å². The van der Waals surface area contributed by atoms with Crippen molar-refractivity contribution in [1.29, 1.82) is 0 Å². The molecule has 0 aromatic heterocycles. The second kappa shape index (κ2) is 4.63. The molecule has 0 unspecified atom stereocenters.